The van der Waals surface area contributed by atoms with Crippen LogP contribution in [0.2, 0.25) is 0 Å². The van der Waals surface area contributed by atoms with E-state index in [1.54, 1.807) is 0 Å². The van der Waals surface area contributed by atoms with Crippen molar-refractivity contribution >= 4 is 39.5 Å². The van der Waals surface area contributed by atoms with E-state index in [2.05, 4.69) is 34.6 Å². The van der Waals surface area contributed by atoms with E-state index in [9.17, 15) is 43.2 Å². The minimum atomic E-state index is -4.95. The number of hydrogen-bond donors (Lipinski definition) is 3. The summed E-state index contributed by atoms with van der Waals surface area (Å²) in [6.45, 7) is 7.25. The molecule has 5 atom stereocenters. The Kier molecular flexibility index (Phi) is 64.9. The molecule has 0 aromatic heterocycles. The fourth-order valence-electron chi connectivity index (χ4n) is 11.2. The number of phosphoric acid groups is 2. The molecule has 0 saturated heterocycles. The van der Waals surface area contributed by atoms with Crippen molar-refractivity contribution in [1.29, 1.82) is 0 Å². The molecular formula is C73H142O17P2. The lowest BCUT2D eigenvalue weighted by Crippen LogP contribution is -2.30. The third-order valence-corrected chi connectivity index (χ3v) is 18.9. The highest BCUT2D eigenvalue weighted by atomic mass is 31.2. The first-order valence-electron chi connectivity index (χ1n) is 38.1. The van der Waals surface area contributed by atoms with Crippen LogP contribution in [0.4, 0.5) is 0 Å². The van der Waals surface area contributed by atoms with Gasteiger partial charge in [0.1, 0.15) is 19.3 Å². The van der Waals surface area contributed by atoms with Gasteiger partial charge < -0.3 is 33.8 Å². The number of unbranched alkanes of at least 4 members (excludes halogenated alkanes) is 45. The molecule has 19 heteroatoms. The lowest BCUT2D eigenvalue weighted by atomic mass is 10.0. The summed E-state index contributed by atoms with van der Waals surface area (Å²) < 4.78 is 68.4. The minimum absolute atomic E-state index is 0.107. The van der Waals surface area contributed by atoms with Gasteiger partial charge in [0.2, 0.25) is 0 Å². The molecule has 0 rings (SSSR count). The first kappa shape index (κ1) is 90.1. The summed E-state index contributed by atoms with van der Waals surface area (Å²) in [5.74, 6) is -1.35. The van der Waals surface area contributed by atoms with Gasteiger partial charge in [-0.05, 0) is 31.6 Å². The van der Waals surface area contributed by atoms with E-state index < -0.39 is 97.5 Å². The summed E-state index contributed by atoms with van der Waals surface area (Å²) in [6.07, 6.45) is 54.0. The smallest absolute Gasteiger partial charge is 0.462 e. The molecule has 3 N–H and O–H groups in total. The highest BCUT2D eigenvalue weighted by molar-refractivity contribution is 7.47. The SMILES string of the molecule is CCCCCCCCCCCCCCCCCC(=O)OC[C@H](COP(=O)(O)OC[C@@H](O)COP(=O)(O)OC[C@@H](COC(=O)CCCCCCCCCC)OC(=O)CCCCCCCCCCCCCC(C)C)OC(=O)CCCCCCCCCCCCCCCCC. The van der Waals surface area contributed by atoms with Crippen LogP contribution in [0.1, 0.15) is 381 Å². The van der Waals surface area contributed by atoms with E-state index in [1.165, 1.54) is 199 Å². The van der Waals surface area contributed by atoms with E-state index in [0.717, 1.165) is 102 Å². The normalized spacial score (nSPS) is 14.0. The van der Waals surface area contributed by atoms with Crippen molar-refractivity contribution in [1.82, 2.24) is 0 Å². The Morgan fingerprint density at radius 1 is 0.293 bits per heavy atom. The van der Waals surface area contributed by atoms with Crippen molar-refractivity contribution in [2.75, 3.05) is 39.6 Å². The van der Waals surface area contributed by atoms with Crippen LogP contribution in [0.3, 0.4) is 0 Å². The van der Waals surface area contributed by atoms with Gasteiger partial charge in [0, 0.05) is 25.7 Å². The van der Waals surface area contributed by atoms with Crippen LogP contribution in [0, 0.1) is 5.92 Å². The number of phosphoric ester groups is 2. The van der Waals surface area contributed by atoms with Crippen LogP contribution >= 0.6 is 15.6 Å². The fraction of sp³-hybridized carbons (Fsp3) is 0.945. The number of carbonyl (C=O) groups excluding carboxylic acids is 4. The molecule has 0 aromatic carbocycles. The molecule has 0 aliphatic rings. The molecule has 0 fully saturated rings. The number of aliphatic hydroxyl groups excluding tert-OH is 1. The number of aliphatic hydroxyl groups is 1. The second kappa shape index (κ2) is 66.3. The topological polar surface area (TPSA) is 237 Å². The maximum atomic E-state index is 13.1. The summed E-state index contributed by atoms with van der Waals surface area (Å²) in [4.78, 5) is 72.6. The van der Waals surface area contributed by atoms with E-state index in [0.29, 0.717) is 25.7 Å². The molecule has 0 amide bonds. The first-order valence-corrected chi connectivity index (χ1v) is 41.1. The molecule has 0 aromatic rings. The lowest BCUT2D eigenvalue weighted by Gasteiger charge is -2.21. The molecule has 2 unspecified atom stereocenters. The molecule has 0 aliphatic heterocycles. The van der Waals surface area contributed by atoms with E-state index in [4.69, 9.17) is 37.0 Å². The molecule has 17 nitrogen and oxygen atoms in total. The predicted molar refractivity (Wildman–Crippen MR) is 372 cm³/mol. The molecular weight excluding hydrogens is 1210 g/mol. The highest BCUT2D eigenvalue weighted by Crippen LogP contribution is 2.45. The second-order valence-corrected chi connectivity index (χ2v) is 29.7. The summed E-state index contributed by atoms with van der Waals surface area (Å²) in [5.41, 5.74) is 0. The number of esters is 4. The standard InChI is InChI=1S/C73H142O17P2/c1-6-9-12-15-18-21-23-25-27-29-33-37-42-47-52-57-71(76)84-63-69(90-72(77)58-53-48-43-38-34-30-28-26-24-22-19-16-13-10-7-2)65-88-92(81,82)86-61-67(74)60-85-91(79,80)87-64-68(62-83-70(75)56-51-46-41-20-17-14-11-8-3)89-73(78)59-54-49-44-39-35-31-32-36-40-45-50-55-66(4)5/h66-69,74H,6-65H2,1-5H3,(H,79,80)(H,81,82)/t67-,68+,69+/m0/s1. The quantitative estimate of drug-likeness (QED) is 0.0222. The maximum Gasteiger partial charge on any atom is 0.472 e. The zero-order valence-corrected chi connectivity index (χ0v) is 61.5. The fourth-order valence-corrected chi connectivity index (χ4v) is 12.8. The van der Waals surface area contributed by atoms with E-state index >= 15 is 0 Å². The van der Waals surface area contributed by atoms with Gasteiger partial charge in [0.05, 0.1) is 26.4 Å². The Hall–Kier alpha value is -1.94. The third-order valence-electron chi connectivity index (χ3n) is 17.0. The van der Waals surface area contributed by atoms with Gasteiger partial charge in [-0.25, -0.2) is 9.13 Å². The predicted octanol–water partition coefficient (Wildman–Crippen LogP) is 21.3. The minimum Gasteiger partial charge on any atom is -0.462 e. The Morgan fingerprint density at radius 3 is 0.739 bits per heavy atom. The van der Waals surface area contributed by atoms with Gasteiger partial charge in [0.25, 0.3) is 0 Å². The van der Waals surface area contributed by atoms with Crippen molar-refractivity contribution < 1.29 is 80.2 Å². The molecule has 0 aliphatic carbocycles. The number of rotatable bonds is 73. The number of hydrogen-bond acceptors (Lipinski definition) is 15. The van der Waals surface area contributed by atoms with Gasteiger partial charge in [-0.15, -0.1) is 0 Å². The highest BCUT2D eigenvalue weighted by Gasteiger charge is 2.30. The first-order chi connectivity index (χ1) is 44.5. The van der Waals surface area contributed by atoms with Gasteiger partial charge >= 0.3 is 39.5 Å². The summed E-state index contributed by atoms with van der Waals surface area (Å²) >= 11 is 0. The van der Waals surface area contributed by atoms with Crippen LogP contribution < -0.4 is 0 Å². The van der Waals surface area contributed by atoms with Gasteiger partial charge in [-0.3, -0.25) is 37.3 Å². The largest absolute Gasteiger partial charge is 0.472 e. The Balaban J connectivity index is 5.22. The Morgan fingerprint density at radius 2 is 0.500 bits per heavy atom. The van der Waals surface area contributed by atoms with Gasteiger partial charge in [-0.2, -0.15) is 0 Å². The lowest BCUT2D eigenvalue weighted by molar-refractivity contribution is -0.161. The van der Waals surface area contributed by atoms with E-state index in [1.807, 2.05) is 0 Å². The summed E-state index contributed by atoms with van der Waals surface area (Å²) in [7, 11) is -9.90. The molecule has 0 radical (unpaired) electrons. The van der Waals surface area contributed by atoms with Crippen molar-refractivity contribution in [3.63, 3.8) is 0 Å². The molecule has 0 saturated carbocycles. The maximum absolute atomic E-state index is 13.1. The average Bonchev–Trinajstić information content (AvgIpc) is 1.66. The molecule has 0 heterocycles. The van der Waals surface area contributed by atoms with E-state index in [-0.39, 0.29) is 25.7 Å². The van der Waals surface area contributed by atoms with Crippen LogP contribution in [-0.2, 0) is 65.4 Å². The Bertz CT molecular complexity index is 1770. The molecule has 0 spiro atoms. The molecule has 546 valence electrons. The molecule has 92 heavy (non-hydrogen) atoms. The van der Waals surface area contributed by atoms with Crippen molar-refractivity contribution in [2.45, 2.75) is 400 Å². The number of ether oxygens (including phenoxy) is 4. The van der Waals surface area contributed by atoms with Crippen molar-refractivity contribution in [2.24, 2.45) is 5.92 Å². The average molecular weight is 1350 g/mol. The third kappa shape index (κ3) is 66.7. The summed E-state index contributed by atoms with van der Waals surface area (Å²) in [5, 5.41) is 10.6. The van der Waals surface area contributed by atoms with Crippen LogP contribution in [0.5, 0.6) is 0 Å². The van der Waals surface area contributed by atoms with Crippen LogP contribution in [0.25, 0.3) is 0 Å². The van der Waals surface area contributed by atoms with Crippen LogP contribution in [-0.4, -0.2) is 96.7 Å². The summed E-state index contributed by atoms with van der Waals surface area (Å²) in [6, 6.07) is 0. The van der Waals surface area contributed by atoms with Crippen molar-refractivity contribution in [3.05, 3.63) is 0 Å². The van der Waals surface area contributed by atoms with Crippen molar-refractivity contribution in [3.8, 4) is 0 Å². The monoisotopic (exact) mass is 1350 g/mol. The van der Waals surface area contributed by atoms with Gasteiger partial charge in [0.15, 0.2) is 12.2 Å². The Labute approximate surface area is 562 Å². The zero-order valence-electron chi connectivity index (χ0n) is 59.7. The van der Waals surface area contributed by atoms with Gasteiger partial charge in [-0.1, -0.05) is 330 Å². The molecule has 0 bridgehead atoms. The number of carbonyl (C=O) groups is 4. The second-order valence-electron chi connectivity index (χ2n) is 26.8. The van der Waals surface area contributed by atoms with Crippen LogP contribution in [0.15, 0.2) is 0 Å². The zero-order chi connectivity index (χ0) is 67.7.